The van der Waals surface area contributed by atoms with Crippen LogP contribution < -0.4 is 15.5 Å². The lowest BCUT2D eigenvalue weighted by Crippen LogP contribution is -2.49. The Hall–Kier alpha value is -4.38. The Morgan fingerprint density at radius 2 is 1.71 bits per heavy atom. The Balaban J connectivity index is 1.51. The molecule has 3 N–H and O–H groups in total. The van der Waals surface area contributed by atoms with E-state index in [9.17, 15) is 24.3 Å². The van der Waals surface area contributed by atoms with Gasteiger partial charge in [-0.3, -0.25) is 19.7 Å². The third-order valence-corrected chi connectivity index (χ3v) is 7.17. The molecule has 38 heavy (non-hydrogen) atoms. The first-order valence-corrected chi connectivity index (χ1v) is 12.9. The maximum Gasteiger partial charge on any atom is 0.411 e. The monoisotopic (exact) mass is 536 g/mol. The molecular formula is C27H28N4O6S. The van der Waals surface area contributed by atoms with Gasteiger partial charge in [-0.05, 0) is 41.8 Å². The average Bonchev–Trinajstić information content (AvgIpc) is 3.48. The van der Waals surface area contributed by atoms with Gasteiger partial charge in [-0.1, -0.05) is 24.3 Å². The number of carbonyl (C=O) groups is 4. The number of rotatable bonds is 8. The molecule has 1 unspecified atom stereocenters. The molecular weight excluding hydrogens is 508 g/mol. The summed E-state index contributed by atoms with van der Waals surface area (Å²) in [5.74, 6) is -1.54. The Kier molecular flexibility index (Phi) is 8.59. The first kappa shape index (κ1) is 26.7. The van der Waals surface area contributed by atoms with Gasteiger partial charge in [0.05, 0.1) is 30.9 Å². The summed E-state index contributed by atoms with van der Waals surface area (Å²) in [5.41, 5.74) is 1.94. The highest BCUT2D eigenvalue weighted by atomic mass is 32.1. The predicted octanol–water partition coefficient (Wildman–Crippen LogP) is 3.83. The molecule has 2 heterocycles. The summed E-state index contributed by atoms with van der Waals surface area (Å²) >= 11 is 1.36. The van der Waals surface area contributed by atoms with Crippen molar-refractivity contribution in [3.05, 3.63) is 82.0 Å². The third kappa shape index (κ3) is 6.48. The number of carbonyl (C=O) groups excluding carboxylic acids is 3. The SMILES string of the molecule is COC(=O)Nc1cc(C(=O)NC(CC(=O)O)c2cccs2)ccc1N1CCN(C(=O)c2ccccc2)CC1. The highest BCUT2D eigenvalue weighted by molar-refractivity contribution is 7.10. The van der Waals surface area contributed by atoms with Gasteiger partial charge in [-0.2, -0.15) is 0 Å². The maximum absolute atomic E-state index is 13.1. The van der Waals surface area contributed by atoms with Crippen molar-refractivity contribution >= 4 is 46.6 Å². The summed E-state index contributed by atoms with van der Waals surface area (Å²) in [5, 5.41) is 16.6. The van der Waals surface area contributed by atoms with Gasteiger partial charge in [0.2, 0.25) is 0 Å². The summed E-state index contributed by atoms with van der Waals surface area (Å²) in [6.45, 7) is 2.04. The van der Waals surface area contributed by atoms with Crippen molar-refractivity contribution in [3.8, 4) is 0 Å². The highest BCUT2D eigenvalue weighted by Gasteiger charge is 2.25. The molecule has 4 rings (SSSR count). The van der Waals surface area contributed by atoms with E-state index in [0.29, 0.717) is 43.1 Å². The normalized spacial score (nSPS) is 13.9. The zero-order valence-corrected chi connectivity index (χ0v) is 21.6. The van der Waals surface area contributed by atoms with Crippen LogP contribution in [0, 0.1) is 0 Å². The van der Waals surface area contributed by atoms with Crippen LogP contribution in [0.3, 0.4) is 0 Å². The van der Waals surface area contributed by atoms with Crippen LogP contribution in [0.5, 0.6) is 0 Å². The highest BCUT2D eigenvalue weighted by Crippen LogP contribution is 2.30. The van der Waals surface area contributed by atoms with E-state index in [1.165, 1.54) is 24.5 Å². The van der Waals surface area contributed by atoms with E-state index < -0.39 is 24.0 Å². The molecule has 0 bridgehead atoms. The summed E-state index contributed by atoms with van der Waals surface area (Å²) in [4.78, 5) is 53.9. The second kappa shape index (κ2) is 12.2. The van der Waals surface area contributed by atoms with Crippen LogP contribution >= 0.6 is 11.3 Å². The second-order valence-corrected chi connectivity index (χ2v) is 9.61. The number of amides is 3. The third-order valence-electron chi connectivity index (χ3n) is 6.18. The fourth-order valence-corrected chi connectivity index (χ4v) is 5.03. The number of carboxylic acids is 1. The lowest BCUT2D eigenvalue weighted by Gasteiger charge is -2.37. The summed E-state index contributed by atoms with van der Waals surface area (Å²) in [7, 11) is 1.25. The molecule has 0 radical (unpaired) electrons. The molecule has 1 aliphatic heterocycles. The van der Waals surface area contributed by atoms with Crippen LogP contribution in [-0.4, -0.2) is 67.2 Å². The summed E-state index contributed by atoms with van der Waals surface area (Å²) in [6, 6.07) is 16.9. The Morgan fingerprint density at radius 1 is 0.974 bits per heavy atom. The number of nitrogens with one attached hydrogen (secondary N) is 2. The minimum Gasteiger partial charge on any atom is -0.481 e. The fraction of sp³-hybridized carbons (Fsp3) is 0.259. The molecule has 3 amide bonds. The van der Waals surface area contributed by atoms with Gasteiger partial charge in [0, 0.05) is 42.2 Å². The van der Waals surface area contributed by atoms with E-state index in [-0.39, 0.29) is 17.9 Å². The van der Waals surface area contributed by atoms with E-state index in [4.69, 9.17) is 4.74 Å². The molecule has 0 spiro atoms. The molecule has 1 aliphatic rings. The van der Waals surface area contributed by atoms with E-state index in [0.717, 1.165) is 4.88 Å². The first-order chi connectivity index (χ1) is 18.4. The van der Waals surface area contributed by atoms with Crippen molar-refractivity contribution in [1.29, 1.82) is 0 Å². The van der Waals surface area contributed by atoms with Crippen molar-refractivity contribution in [2.45, 2.75) is 12.5 Å². The minimum atomic E-state index is -1.03. The van der Waals surface area contributed by atoms with E-state index in [2.05, 4.69) is 10.6 Å². The maximum atomic E-state index is 13.1. The lowest BCUT2D eigenvalue weighted by molar-refractivity contribution is -0.137. The summed E-state index contributed by atoms with van der Waals surface area (Å²) < 4.78 is 4.77. The van der Waals surface area contributed by atoms with E-state index in [1.807, 2.05) is 28.5 Å². The lowest BCUT2D eigenvalue weighted by atomic mass is 10.1. The van der Waals surface area contributed by atoms with Crippen LogP contribution in [0.4, 0.5) is 16.2 Å². The van der Waals surface area contributed by atoms with Crippen LogP contribution in [0.2, 0.25) is 0 Å². The van der Waals surface area contributed by atoms with Crippen LogP contribution in [0.25, 0.3) is 0 Å². The smallest absolute Gasteiger partial charge is 0.411 e. The first-order valence-electron chi connectivity index (χ1n) is 12.0. The number of ether oxygens (including phenoxy) is 1. The second-order valence-electron chi connectivity index (χ2n) is 8.63. The average molecular weight is 537 g/mol. The number of hydrogen-bond acceptors (Lipinski definition) is 7. The van der Waals surface area contributed by atoms with Crippen molar-refractivity contribution < 1.29 is 29.0 Å². The van der Waals surface area contributed by atoms with Gasteiger partial charge in [-0.15, -0.1) is 11.3 Å². The minimum absolute atomic E-state index is 0.0353. The predicted molar refractivity (Wildman–Crippen MR) is 144 cm³/mol. The van der Waals surface area contributed by atoms with Crippen molar-refractivity contribution in [3.63, 3.8) is 0 Å². The van der Waals surface area contributed by atoms with Gasteiger partial charge < -0.3 is 25.0 Å². The molecule has 11 heteroatoms. The Labute approximate surface area is 223 Å². The molecule has 10 nitrogen and oxygen atoms in total. The summed E-state index contributed by atoms with van der Waals surface area (Å²) in [6.07, 6.45) is -0.951. The van der Waals surface area contributed by atoms with Gasteiger partial charge in [0.1, 0.15) is 0 Å². The zero-order chi connectivity index (χ0) is 27.1. The fourth-order valence-electron chi connectivity index (χ4n) is 4.26. The number of nitrogens with zero attached hydrogens (tertiary/aromatic N) is 2. The molecule has 1 aromatic heterocycles. The quantitative estimate of drug-likeness (QED) is 0.399. The number of hydrogen-bond donors (Lipinski definition) is 3. The molecule has 3 aromatic rings. The number of methoxy groups -OCH3 is 1. The topological polar surface area (TPSA) is 128 Å². The van der Waals surface area contributed by atoms with Crippen molar-refractivity contribution in [1.82, 2.24) is 10.2 Å². The van der Waals surface area contributed by atoms with Gasteiger partial charge in [0.15, 0.2) is 0 Å². The van der Waals surface area contributed by atoms with E-state index in [1.54, 1.807) is 41.3 Å². The van der Waals surface area contributed by atoms with Gasteiger partial charge in [-0.25, -0.2) is 4.79 Å². The molecule has 0 aliphatic carbocycles. The Bertz CT molecular complexity index is 1290. The molecule has 1 saturated heterocycles. The van der Waals surface area contributed by atoms with Gasteiger partial charge >= 0.3 is 12.1 Å². The zero-order valence-electron chi connectivity index (χ0n) is 20.8. The van der Waals surface area contributed by atoms with Crippen LogP contribution in [0.15, 0.2) is 66.0 Å². The standard InChI is InChI=1S/C27H28N4O6S/c1-37-27(36)29-20-16-19(25(34)28-21(17-24(32)33)23-8-5-15-38-23)9-10-22(20)30-11-13-31(14-12-30)26(35)18-6-3-2-4-7-18/h2-10,15-16,21H,11-14,17H2,1H3,(H,28,34)(H,29,36)(H,32,33). The van der Waals surface area contributed by atoms with E-state index >= 15 is 0 Å². The van der Waals surface area contributed by atoms with Crippen LogP contribution in [0.1, 0.15) is 38.1 Å². The molecule has 1 atom stereocenters. The van der Waals surface area contributed by atoms with Gasteiger partial charge in [0.25, 0.3) is 11.8 Å². The molecule has 0 saturated carbocycles. The number of piperazine rings is 1. The molecule has 2 aromatic carbocycles. The molecule has 198 valence electrons. The Morgan fingerprint density at radius 3 is 2.34 bits per heavy atom. The number of thiophene rings is 1. The van der Waals surface area contributed by atoms with Crippen molar-refractivity contribution in [2.75, 3.05) is 43.5 Å². The van der Waals surface area contributed by atoms with Crippen LogP contribution in [-0.2, 0) is 9.53 Å². The number of benzene rings is 2. The molecule has 1 fully saturated rings. The largest absolute Gasteiger partial charge is 0.481 e. The number of carboxylic acid groups (broad SMARTS) is 1. The van der Waals surface area contributed by atoms with Crippen molar-refractivity contribution in [2.24, 2.45) is 0 Å². The number of aliphatic carboxylic acids is 1. The number of anilines is 2.